The van der Waals surface area contributed by atoms with Gasteiger partial charge < -0.3 is 15.0 Å². The third-order valence-corrected chi connectivity index (χ3v) is 6.78. The molecule has 1 aromatic carbocycles. The van der Waals surface area contributed by atoms with E-state index in [0.717, 1.165) is 37.0 Å². The Morgan fingerprint density at radius 3 is 2.60 bits per heavy atom. The standard InChI is InChI=1S/C22H25N3O4S/c1-29-17-8-4-14(5-9-17)12-23-20(26)16-6-2-15(3-7-16)13-25-21(27)19-18(10-11-30-19)24-22(25)28/h4-5,8-11,15-16H,2-3,6-7,12-13H2,1H3,(H,23,26)(H,24,28). The molecule has 158 valence electrons. The number of benzene rings is 1. The molecular formula is C22H25N3O4S. The number of methoxy groups -OCH3 is 1. The van der Waals surface area contributed by atoms with Crippen molar-refractivity contribution in [3.8, 4) is 5.75 Å². The van der Waals surface area contributed by atoms with Crippen molar-refractivity contribution in [2.75, 3.05) is 7.11 Å². The zero-order valence-corrected chi connectivity index (χ0v) is 17.7. The fraction of sp³-hybridized carbons (Fsp3) is 0.409. The van der Waals surface area contributed by atoms with Gasteiger partial charge in [-0.3, -0.25) is 14.2 Å². The van der Waals surface area contributed by atoms with E-state index in [-0.39, 0.29) is 29.0 Å². The van der Waals surface area contributed by atoms with Crippen LogP contribution in [0.2, 0.25) is 0 Å². The molecule has 0 spiro atoms. The zero-order valence-electron chi connectivity index (χ0n) is 16.8. The second-order valence-electron chi connectivity index (χ2n) is 7.79. The maximum atomic E-state index is 12.6. The number of hydrogen-bond acceptors (Lipinski definition) is 5. The van der Waals surface area contributed by atoms with Gasteiger partial charge in [-0.25, -0.2) is 4.79 Å². The Morgan fingerprint density at radius 1 is 1.17 bits per heavy atom. The summed E-state index contributed by atoms with van der Waals surface area (Å²) in [5.74, 6) is 1.07. The largest absolute Gasteiger partial charge is 0.497 e. The van der Waals surface area contributed by atoms with Gasteiger partial charge in [-0.1, -0.05) is 12.1 Å². The number of amides is 1. The lowest BCUT2D eigenvalue weighted by atomic mass is 9.81. The molecule has 2 heterocycles. The summed E-state index contributed by atoms with van der Waals surface area (Å²) in [4.78, 5) is 40.2. The number of fused-ring (bicyclic) bond motifs is 1. The topological polar surface area (TPSA) is 93.2 Å². The van der Waals surface area contributed by atoms with Crippen molar-refractivity contribution in [2.24, 2.45) is 11.8 Å². The average Bonchev–Trinajstić information content (AvgIpc) is 3.24. The minimum absolute atomic E-state index is 0.0192. The number of thiophene rings is 1. The number of H-pyrrole nitrogens is 1. The second-order valence-corrected chi connectivity index (χ2v) is 8.71. The first-order chi connectivity index (χ1) is 14.5. The molecule has 0 aliphatic heterocycles. The highest BCUT2D eigenvalue weighted by Gasteiger charge is 2.27. The van der Waals surface area contributed by atoms with Gasteiger partial charge >= 0.3 is 5.69 Å². The second kappa shape index (κ2) is 8.87. The molecule has 8 heteroatoms. The van der Waals surface area contributed by atoms with Crippen molar-refractivity contribution in [3.05, 3.63) is 62.1 Å². The van der Waals surface area contributed by atoms with Gasteiger partial charge in [0.25, 0.3) is 5.56 Å². The van der Waals surface area contributed by atoms with Crippen LogP contribution in [0, 0.1) is 11.8 Å². The van der Waals surface area contributed by atoms with Crippen LogP contribution in [0.1, 0.15) is 31.2 Å². The van der Waals surface area contributed by atoms with Crippen LogP contribution in [-0.2, 0) is 17.9 Å². The fourth-order valence-corrected chi connectivity index (χ4v) is 4.88. The molecule has 1 saturated carbocycles. The SMILES string of the molecule is COc1ccc(CNC(=O)C2CCC(Cn3c(=O)[nH]c4ccsc4c3=O)CC2)cc1. The predicted molar refractivity (Wildman–Crippen MR) is 117 cm³/mol. The molecule has 0 radical (unpaired) electrons. The number of nitrogens with one attached hydrogen (secondary N) is 2. The van der Waals surface area contributed by atoms with E-state index in [1.807, 2.05) is 29.6 Å². The monoisotopic (exact) mass is 427 g/mol. The van der Waals surface area contributed by atoms with Crippen LogP contribution in [0.15, 0.2) is 45.3 Å². The van der Waals surface area contributed by atoms with Gasteiger partial charge in [0, 0.05) is 19.0 Å². The number of hydrogen-bond donors (Lipinski definition) is 2. The molecule has 0 saturated heterocycles. The summed E-state index contributed by atoms with van der Waals surface area (Å²) in [7, 11) is 1.63. The molecule has 7 nitrogen and oxygen atoms in total. The lowest BCUT2D eigenvalue weighted by molar-refractivity contribution is -0.126. The molecule has 1 fully saturated rings. The third-order valence-electron chi connectivity index (χ3n) is 5.88. The highest BCUT2D eigenvalue weighted by Crippen LogP contribution is 2.29. The van der Waals surface area contributed by atoms with E-state index in [9.17, 15) is 14.4 Å². The first-order valence-corrected chi connectivity index (χ1v) is 11.0. The van der Waals surface area contributed by atoms with Crippen molar-refractivity contribution < 1.29 is 9.53 Å². The van der Waals surface area contributed by atoms with E-state index in [1.54, 1.807) is 13.2 Å². The molecule has 30 heavy (non-hydrogen) atoms. The highest BCUT2D eigenvalue weighted by atomic mass is 32.1. The maximum absolute atomic E-state index is 12.6. The lowest BCUT2D eigenvalue weighted by Crippen LogP contribution is -2.38. The molecule has 4 rings (SSSR count). The first-order valence-electron chi connectivity index (χ1n) is 10.2. The Balaban J connectivity index is 1.31. The van der Waals surface area contributed by atoms with Crippen LogP contribution in [0.3, 0.4) is 0 Å². The third kappa shape index (κ3) is 4.33. The molecular weight excluding hydrogens is 402 g/mol. The number of aromatic nitrogens is 2. The van der Waals surface area contributed by atoms with E-state index in [4.69, 9.17) is 4.74 Å². The lowest BCUT2D eigenvalue weighted by Gasteiger charge is -2.28. The van der Waals surface area contributed by atoms with Crippen LogP contribution in [0.5, 0.6) is 5.75 Å². The van der Waals surface area contributed by atoms with Gasteiger partial charge in [0.05, 0.1) is 12.6 Å². The summed E-state index contributed by atoms with van der Waals surface area (Å²) in [6, 6.07) is 9.39. The summed E-state index contributed by atoms with van der Waals surface area (Å²) in [5, 5.41) is 4.83. The highest BCUT2D eigenvalue weighted by molar-refractivity contribution is 7.17. The fourth-order valence-electron chi connectivity index (χ4n) is 4.08. The van der Waals surface area contributed by atoms with Crippen LogP contribution >= 0.6 is 11.3 Å². The Labute approximate surface area is 177 Å². The van der Waals surface area contributed by atoms with E-state index >= 15 is 0 Å². The Bertz CT molecular complexity index is 1140. The first kappa shape index (κ1) is 20.4. The molecule has 2 aromatic heterocycles. The summed E-state index contributed by atoms with van der Waals surface area (Å²) < 4.78 is 7.04. The number of carbonyl (C=O) groups is 1. The number of rotatable bonds is 6. The van der Waals surface area contributed by atoms with E-state index in [1.165, 1.54) is 15.9 Å². The van der Waals surface area contributed by atoms with Gasteiger partial charge in [-0.15, -0.1) is 11.3 Å². The normalized spacial score (nSPS) is 19.0. The van der Waals surface area contributed by atoms with Crippen molar-refractivity contribution in [1.82, 2.24) is 14.9 Å². The number of aromatic amines is 1. The van der Waals surface area contributed by atoms with Crippen molar-refractivity contribution in [2.45, 2.75) is 38.8 Å². The quantitative estimate of drug-likeness (QED) is 0.633. The van der Waals surface area contributed by atoms with Gasteiger partial charge in [0.1, 0.15) is 10.4 Å². The molecule has 1 aliphatic rings. The smallest absolute Gasteiger partial charge is 0.328 e. The molecule has 2 N–H and O–H groups in total. The molecule has 1 aliphatic carbocycles. The van der Waals surface area contributed by atoms with Crippen LogP contribution in [0.4, 0.5) is 0 Å². The van der Waals surface area contributed by atoms with Crippen molar-refractivity contribution >= 4 is 27.5 Å². The van der Waals surface area contributed by atoms with Gasteiger partial charge in [-0.05, 0) is 60.7 Å². The summed E-state index contributed by atoms with van der Waals surface area (Å²) in [6.45, 7) is 0.899. The van der Waals surface area contributed by atoms with Crippen LogP contribution < -0.4 is 21.3 Å². The number of nitrogens with zero attached hydrogens (tertiary/aromatic N) is 1. The summed E-state index contributed by atoms with van der Waals surface area (Å²) in [6.07, 6.45) is 3.20. The number of carbonyl (C=O) groups excluding carboxylic acids is 1. The number of ether oxygens (including phenoxy) is 1. The predicted octanol–water partition coefficient (Wildman–Crippen LogP) is 2.88. The van der Waals surface area contributed by atoms with Gasteiger partial charge in [0.2, 0.25) is 5.91 Å². The van der Waals surface area contributed by atoms with E-state index < -0.39 is 0 Å². The summed E-state index contributed by atoms with van der Waals surface area (Å²) in [5.41, 5.74) is 1.05. The van der Waals surface area contributed by atoms with Crippen LogP contribution in [0.25, 0.3) is 10.2 Å². The van der Waals surface area contributed by atoms with Crippen LogP contribution in [-0.4, -0.2) is 22.6 Å². The Hall–Kier alpha value is -2.87. The molecule has 1 amide bonds. The van der Waals surface area contributed by atoms with Crippen molar-refractivity contribution in [1.29, 1.82) is 0 Å². The van der Waals surface area contributed by atoms with Gasteiger partial charge in [0.15, 0.2) is 0 Å². The molecule has 0 atom stereocenters. The maximum Gasteiger partial charge on any atom is 0.328 e. The Morgan fingerprint density at radius 2 is 1.90 bits per heavy atom. The summed E-state index contributed by atoms with van der Waals surface area (Å²) >= 11 is 1.35. The van der Waals surface area contributed by atoms with E-state index in [2.05, 4.69) is 10.3 Å². The van der Waals surface area contributed by atoms with Crippen molar-refractivity contribution in [3.63, 3.8) is 0 Å². The molecule has 3 aromatic rings. The Kier molecular flexibility index (Phi) is 6.03. The minimum Gasteiger partial charge on any atom is -0.497 e. The average molecular weight is 428 g/mol. The molecule has 0 unspecified atom stereocenters. The van der Waals surface area contributed by atoms with Gasteiger partial charge in [-0.2, -0.15) is 0 Å². The zero-order chi connectivity index (χ0) is 21.1. The minimum atomic E-state index is -0.356. The van der Waals surface area contributed by atoms with E-state index in [0.29, 0.717) is 23.3 Å². The molecule has 0 bridgehead atoms.